The molecule has 2 aromatic rings. The van der Waals surface area contributed by atoms with Crippen LogP contribution in [0.2, 0.25) is 0 Å². The van der Waals surface area contributed by atoms with Crippen LogP contribution in [-0.4, -0.2) is 50.3 Å². The van der Waals surface area contributed by atoms with Gasteiger partial charge in [-0.2, -0.15) is 0 Å². The van der Waals surface area contributed by atoms with Crippen LogP contribution in [0, 0.1) is 5.82 Å². The zero-order valence-electron chi connectivity index (χ0n) is 17.0. The Morgan fingerprint density at radius 3 is 2.50 bits per heavy atom. The highest BCUT2D eigenvalue weighted by Crippen LogP contribution is 2.31. The minimum atomic E-state index is -0.608. The Balaban J connectivity index is 1.52. The molecule has 2 aromatic carbocycles. The van der Waals surface area contributed by atoms with E-state index in [0.29, 0.717) is 43.4 Å². The Labute approximate surface area is 174 Å². The number of fused-ring (bicyclic) bond motifs is 1. The Bertz CT molecular complexity index is 916. The van der Waals surface area contributed by atoms with Crippen LogP contribution in [0.25, 0.3) is 0 Å². The third kappa shape index (κ3) is 5.40. The van der Waals surface area contributed by atoms with Gasteiger partial charge in [-0.15, -0.1) is 0 Å². The number of hydrogen-bond acceptors (Lipinski definition) is 6. The van der Waals surface area contributed by atoms with Gasteiger partial charge >= 0.3 is 5.97 Å². The highest BCUT2D eigenvalue weighted by Gasteiger charge is 2.18. The number of esters is 1. The summed E-state index contributed by atoms with van der Waals surface area (Å²) in [5.41, 5.74) is 1.32. The topological polar surface area (TPSA) is 74.3 Å². The Morgan fingerprint density at radius 1 is 1.07 bits per heavy atom. The molecule has 1 heterocycles. The normalized spacial score (nSPS) is 12.2. The minimum absolute atomic E-state index is 0.0972. The number of methoxy groups -OCH3 is 1. The molecule has 0 bridgehead atoms. The summed E-state index contributed by atoms with van der Waals surface area (Å²) in [6, 6.07) is 9.75. The first-order chi connectivity index (χ1) is 14.5. The Kier molecular flexibility index (Phi) is 7.11. The van der Waals surface area contributed by atoms with Crippen molar-refractivity contribution in [2.24, 2.45) is 0 Å². The van der Waals surface area contributed by atoms with Crippen molar-refractivity contribution in [3.8, 4) is 17.2 Å². The fourth-order valence-corrected chi connectivity index (χ4v) is 3.05. The molecule has 0 saturated heterocycles. The number of ether oxygens (including phenoxy) is 4. The van der Waals surface area contributed by atoms with Gasteiger partial charge in [0.15, 0.2) is 29.7 Å². The largest absolute Gasteiger partial charge is 0.494 e. The van der Waals surface area contributed by atoms with E-state index in [-0.39, 0.29) is 24.7 Å². The average molecular weight is 417 g/mol. The maximum Gasteiger partial charge on any atom is 0.310 e. The van der Waals surface area contributed by atoms with Gasteiger partial charge in [-0.1, -0.05) is 12.1 Å². The Hall–Kier alpha value is -3.29. The number of halogens is 1. The van der Waals surface area contributed by atoms with E-state index in [9.17, 15) is 14.0 Å². The molecular weight excluding hydrogens is 393 g/mol. The van der Waals surface area contributed by atoms with Gasteiger partial charge in [0.25, 0.3) is 5.91 Å². The number of rotatable bonds is 8. The summed E-state index contributed by atoms with van der Waals surface area (Å²) in [6.07, 6.45) is -0.136. The molecule has 0 aliphatic carbocycles. The van der Waals surface area contributed by atoms with Crippen LogP contribution in [0.4, 0.5) is 4.39 Å². The molecule has 3 rings (SSSR count). The maximum atomic E-state index is 13.7. The number of carbonyl (C=O) groups excluding carboxylic acids is 2. The second-order valence-electron chi connectivity index (χ2n) is 6.69. The summed E-state index contributed by atoms with van der Waals surface area (Å²) >= 11 is 0. The molecule has 7 nitrogen and oxygen atoms in total. The molecule has 0 saturated carbocycles. The van der Waals surface area contributed by atoms with E-state index < -0.39 is 11.8 Å². The van der Waals surface area contributed by atoms with E-state index in [0.717, 1.165) is 5.56 Å². The smallest absolute Gasteiger partial charge is 0.310 e. The quantitative estimate of drug-likeness (QED) is 0.615. The van der Waals surface area contributed by atoms with Gasteiger partial charge in [0.05, 0.1) is 13.5 Å². The van der Waals surface area contributed by atoms with Crippen LogP contribution in [-0.2, 0) is 27.3 Å². The first-order valence-electron chi connectivity index (χ1n) is 9.64. The van der Waals surface area contributed by atoms with Crippen LogP contribution in [0.5, 0.6) is 17.2 Å². The molecule has 0 atom stereocenters. The lowest BCUT2D eigenvalue weighted by molar-refractivity contribution is -0.151. The summed E-state index contributed by atoms with van der Waals surface area (Å²) < 4.78 is 34.7. The molecule has 0 N–H and O–H groups in total. The molecule has 1 aliphatic heterocycles. The van der Waals surface area contributed by atoms with Crippen molar-refractivity contribution in [1.82, 2.24) is 4.90 Å². The number of amides is 1. The first-order valence-corrected chi connectivity index (χ1v) is 9.64. The van der Waals surface area contributed by atoms with Crippen LogP contribution in [0.1, 0.15) is 18.1 Å². The molecule has 30 heavy (non-hydrogen) atoms. The third-order valence-corrected chi connectivity index (χ3v) is 4.64. The minimum Gasteiger partial charge on any atom is -0.494 e. The molecule has 160 valence electrons. The van der Waals surface area contributed by atoms with E-state index in [1.165, 1.54) is 19.2 Å². The zero-order chi connectivity index (χ0) is 21.5. The van der Waals surface area contributed by atoms with Gasteiger partial charge in [0.1, 0.15) is 13.2 Å². The summed E-state index contributed by atoms with van der Waals surface area (Å²) in [4.78, 5) is 26.1. The van der Waals surface area contributed by atoms with Gasteiger partial charge < -0.3 is 23.8 Å². The second kappa shape index (κ2) is 9.96. The van der Waals surface area contributed by atoms with Gasteiger partial charge in [-0.25, -0.2) is 4.39 Å². The van der Waals surface area contributed by atoms with Gasteiger partial charge in [-0.3, -0.25) is 9.59 Å². The van der Waals surface area contributed by atoms with Crippen LogP contribution >= 0.6 is 0 Å². The van der Waals surface area contributed by atoms with Gasteiger partial charge in [-0.05, 0) is 42.3 Å². The van der Waals surface area contributed by atoms with Crippen molar-refractivity contribution in [1.29, 1.82) is 0 Å². The fourth-order valence-electron chi connectivity index (χ4n) is 3.05. The van der Waals surface area contributed by atoms with Crippen LogP contribution in [0.15, 0.2) is 36.4 Å². The lowest BCUT2D eigenvalue weighted by atomic mass is 10.1. The number of hydrogen-bond donors (Lipinski definition) is 0. The van der Waals surface area contributed by atoms with E-state index in [1.54, 1.807) is 11.0 Å². The zero-order valence-corrected chi connectivity index (χ0v) is 17.0. The van der Waals surface area contributed by atoms with Crippen molar-refractivity contribution in [3.63, 3.8) is 0 Å². The number of likely N-dealkylation sites (N-methyl/N-ethyl adjacent to an activating group) is 1. The summed E-state index contributed by atoms with van der Waals surface area (Å²) in [7, 11) is 1.36. The molecule has 1 aliphatic rings. The van der Waals surface area contributed by atoms with Crippen LogP contribution < -0.4 is 14.2 Å². The monoisotopic (exact) mass is 417 g/mol. The average Bonchev–Trinajstić information content (AvgIpc) is 2.76. The maximum absolute atomic E-state index is 13.7. The van der Waals surface area contributed by atoms with E-state index in [4.69, 9.17) is 18.9 Å². The third-order valence-electron chi connectivity index (χ3n) is 4.64. The van der Waals surface area contributed by atoms with Gasteiger partial charge in [0, 0.05) is 13.1 Å². The van der Waals surface area contributed by atoms with Crippen molar-refractivity contribution >= 4 is 11.9 Å². The summed E-state index contributed by atoms with van der Waals surface area (Å²) in [5.74, 6) is -0.0517. The molecular formula is C22H24FNO6. The Morgan fingerprint density at radius 2 is 1.80 bits per heavy atom. The van der Waals surface area contributed by atoms with Gasteiger partial charge in [0.2, 0.25) is 0 Å². The molecule has 0 unspecified atom stereocenters. The lowest BCUT2D eigenvalue weighted by Crippen LogP contribution is -2.34. The molecule has 1 amide bonds. The SMILES string of the molecule is CCN(Cc1ccc2c(c1)OCCO2)C(=O)COC(=O)Cc1ccc(OC)c(F)c1. The fraction of sp³-hybridized carbons (Fsp3) is 0.364. The molecule has 0 radical (unpaired) electrons. The molecule has 0 spiro atoms. The highest BCUT2D eigenvalue weighted by atomic mass is 19.1. The summed E-state index contributed by atoms with van der Waals surface area (Å²) in [6.45, 7) is 3.27. The van der Waals surface area contributed by atoms with Crippen molar-refractivity contribution in [2.45, 2.75) is 19.9 Å². The summed E-state index contributed by atoms with van der Waals surface area (Å²) in [5, 5.41) is 0. The van der Waals surface area contributed by atoms with E-state index in [1.807, 2.05) is 25.1 Å². The molecule has 8 heteroatoms. The number of carbonyl (C=O) groups is 2. The first kappa shape index (κ1) is 21.4. The molecule has 0 fully saturated rings. The number of benzene rings is 2. The van der Waals surface area contributed by atoms with E-state index >= 15 is 0 Å². The lowest BCUT2D eigenvalue weighted by Gasteiger charge is -2.23. The second-order valence-corrected chi connectivity index (χ2v) is 6.69. The van der Waals surface area contributed by atoms with E-state index in [2.05, 4.69) is 0 Å². The van der Waals surface area contributed by atoms with Crippen LogP contribution in [0.3, 0.4) is 0 Å². The standard InChI is InChI=1S/C22H24FNO6/c1-3-24(13-16-5-7-19-20(11-16)29-9-8-28-19)21(25)14-30-22(26)12-15-4-6-18(27-2)17(23)10-15/h4-7,10-11H,3,8-9,12-14H2,1-2H3. The van der Waals surface area contributed by atoms with Crippen molar-refractivity contribution in [3.05, 3.63) is 53.3 Å². The molecule has 0 aromatic heterocycles. The predicted octanol–water partition coefficient (Wildman–Crippen LogP) is 2.74. The van der Waals surface area contributed by atoms with Crippen molar-refractivity contribution < 1.29 is 32.9 Å². The predicted molar refractivity (Wildman–Crippen MR) is 106 cm³/mol. The number of nitrogens with zero attached hydrogens (tertiary/aromatic N) is 1. The van der Waals surface area contributed by atoms with Crippen molar-refractivity contribution in [2.75, 3.05) is 33.5 Å². The highest BCUT2D eigenvalue weighted by molar-refractivity contribution is 5.81.